The molecule has 3 aromatic rings. The number of nitrogens with two attached hydrogens (primary N) is 1. The summed E-state index contributed by atoms with van der Waals surface area (Å²) in [6.45, 7) is 3.80. The van der Waals surface area contributed by atoms with Crippen LogP contribution in [0.1, 0.15) is 74.0 Å². The van der Waals surface area contributed by atoms with Crippen molar-refractivity contribution in [1.82, 2.24) is 4.90 Å². The van der Waals surface area contributed by atoms with E-state index >= 15 is 0 Å². The summed E-state index contributed by atoms with van der Waals surface area (Å²) < 4.78 is 25.0. The van der Waals surface area contributed by atoms with E-state index in [-0.39, 0.29) is 30.6 Å². The number of aliphatic hydroxyl groups is 1. The Bertz CT molecular complexity index is 1520. The SMILES string of the molecule is Nc1ccccc1NC(=O)CCCCC(=O)Nc1cccc(C2OC(CN3CCC4(CC3)OCCO4)CC(c3ccc(CO)cc3)O2)c1. The number of para-hydroxylation sites is 2. The Balaban J connectivity index is 1.04. The highest BCUT2D eigenvalue weighted by molar-refractivity contribution is 5.94. The molecular formula is C37H46N4O7. The molecule has 3 heterocycles. The molecule has 3 aliphatic heterocycles. The first-order valence-electron chi connectivity index (χ1n) is 16.9. The van der Waals surface area contributed by atoms with E-state index in [1.807, 2.05) is 60.7 Å². The van der Waals surface area contributed by atoms with Crippen molar-refractivity contribution in [3.8, 4) is 0 Å². The number of aliphatic hydroxyl groups excluding tert-OH is 1. The Morgan fingerprint density at radius 3 is 2.27 bits per heavy atom. The number of likely N-dealkylation sites (tertiary alicyclic amines) is 1. The lowest BCUT2D eigenvalue weighted by molar-refractivity contribution is -0.255. The van der Waals surface area contributed by atoms with Gasteiger partial charge in [-0.15, -0.1) is 0 Å². The summed E-state index contributed by atoms with van der Waals surface area (Å²) in [4.78, 5) is 27.5. The number of nitrogen functional groups attached to an aromatic ring is 1. The number of hydrogen-bond acceptors (Lipinski definition) is 9. The maximum Gasteiger partial charge on any atom is 0.224 e. The average Bonchev–Trinajstić information content (AvgIpc) is 3.57. The molecule has 6 rings (SSSR count). The van der Waals surface area contributed by atoms with Crippen LogP contribution in [-0.4, -0.2) is 66.6 Å². The van der Waals surface area contributed by atoms with Crippen molar-refractivity contribution in [2.24, 2.45) is 0 Å². The second-order valence-electron chi connectivity index (χ2n) is 12.8. The van der Waals surface area contributed by atoms with Crippen molar-refractivity contribution < 1.29 is 33.6 Å². The van der Waals surface area contributed by atoms with Gasteiger partial charge in [-0.1, -0.05) is 48.5 Å². The molecule has 0 aliphatic carbocycles. The van der Waals surface area contributed by atoms with E-state index in [2.05, 4.69) is 15.5 Å². The van der Waals surface area contributed by atoms with Gasteiger partial charge in [0.05, 0.1) is 43.4 Å². The van der Waals surface area contributed by atoms with Crippen LogP contribution in [0.25, 0.3) is 0 Å². The second-order valence-corrected chi connectivity index (χ2v) is 12.8. The molecule has 0 radical (unpaired) electrons. The number of anilines is 3. The van der Waals surface area contributed by atoms with Crippen LogP contribution < -0.4 is 16.4 Å². The number of hydrogen-bond donors (Lipinski definition) is 4. The first-order valence-corrected chi connectivity index (χ1v) is 16.9. The molecule has 11 nitrogen and oxygen atoms in total. The van der Waals surface area contributed by atoms with Gasteiger partial charge in [0.1, 0.15) is 0 Å². The largest absolute Gasteiger partial charge is 0.397 e. The van der Waals surface area contributed by atoms with Crippen molar-refractivity contribution in [3.63, 3.8) is 0 Å². The molecule has 1 spiro atoms. The van der Waals surface area contributed by atoms with E-state index in [0.717, 1.165) is 49.2 Å². The van der Waals surface area contributed by atoms with Gasteiger partial charge in [0.2, 0.25) is 11.8 Å². The van der Waals surface area contributed by atoms with Crippen LogP contribution >= 0.6 is 0 Å². The maximum absolute atomic E-state index is 12.8. The summed E-state index contributed by atoms with van der Waals surface area (Å²) in [5.41, 5.74) is 10.4. The number of rotatable bonds is 12. The van der Waals surface area contributed by atoms with Crippen LogP contribution in [0.4, 0.5) is 17.1 Å². The Labute approximate surface area is 281 Å². The summed E-state index contributed by atoms with van der Waals surface area (Å²) in [6.07, 6.45) is 3.21. The van der Waals surface area contributed by atoms with Gasteiger partial charge in [0.25, 0.3) is 0 Å². The van der Waals surface area contributed by atoms with E-state index in [1.54, 1.807) is 12.1 Å². The topological polar surface area (TPSA) is 145 Å². The van der Waals surface area contributed by atoms with Gasteiger partial charge < -0.3 is 45.3 Å². The lowest BCUT2D eigenvalue weighted by Crippen LogP contribution is -2.48. The van der Waals surface area contributed by atoms with Gasteiger partial charge in [-0.25, -0.2) is 0 Å². The minimum Gasteiger partial charge on any atom is -0.397 e. The molecule has 3 unspecified atom stereocenters. The molecule has 256 valence electrons. The molecule has 0 bridgehead atoms. The van der Waals surface area contributed by atoms with Gasteiger partial charge >= 0.3 is 0 Å². The summed E-state index contributed by atoms with van der Waals surface area (Å²) >= 11 is 0. The van der Waals surface area contributed by atoms with Crippen LogP contribution in [0.2, 0.25) is 0 Å². The standard InChI is InChI=1S/C37H46N4O7/c38-31-8-1-2-9-32(31)40-35(44)11-4-3-10-34(43)39-29-7-5-6-28(22-29)36-47-30(23-33(48-36)27-14-12-26(25-42)13-15-27)24-41-18-16-37(17-19-41)45-20-21-46-37/h1-2,5-9,12-15,22,30,33,36,42H,3-4,10-11,16-21,23-25,38H2,(H,39,43)(H,40,44). The summed E-state index contributed by atoms with van der Waals surface area (Å²) in [7, 11) is 0. The van der Waals surface area contributed by atoms with Crippen LogP contribution in [0.5, 0.6) is 0 Å². The molecule has 0 saturated carbocycles. The number of nitrogens with zero attached hydrogens (tertiary/aromatic N) is 1. The molecule has 3 aliphatic rings. The fourth-order valence-electron chi connectivity index (χ4n) is 6.56. The number of benzene rings is 3. The van der Waals surface area contributed by atoms with Gasteiger partial charge in [0, 0.05) is 63.0 Å². The number of ether oxygens (including phenoxy) is 4. The molecule has 3 atom stereocenters. The van der Waals surface area contributed by atoms with Crippen molar-refractivity contribution in [1.29, 1.82) is 0 Å². The van der Waals surface area contributed by atoms with Crippen molar-refractivity contribution in [3.05, 3.63) is 89.5 Å². The van der Waals surface area contributed by atoms with Crippen LogP contribution in [0.3, 0.4) is 0 Å². The van der Waals surface area contributed by atoms with Crippen molar-refractivity contribution in [2.45, 2.75) is 75.8 Å². The van der Waals surface area contributed by atoms with Crippen LogP contribution in [0.15, 0.2) is 72.8 Å². The molecule has 0 aromatic heterocycles. The lowest BCUT2D eigenvalue weighted by Gasteiger charge is -2.41. The predicted octanol–water partition coefficient (Wildman–Crippen LogP) is 5.28. The monoisotopic (exact) mass is 658 g/mol. The minimum absolute atomic E-state index is 0.0122. The van der Waals surface area contributed by atoms with E-state index in [0.29, 0.717) is 62.4 Å². The van der Waals surface area contributed by atoms with E-state index in [1.165, 1.54) is 0 Å². The molecule has 48 heavy (non-hydrogen) atoms. The van der Waals surface area contributed by atoms with Crippen LogP contribution in [0, 0.1) is 0 Å². The van der Waals surface area contributed by atoms with Gasteiger partial charge in [-0.05, 0) is 48.2 Å². The number of carbonyl (C=O) groups is 2. The molecule has 11 heteroatoms. The summed E-state index contributed by atoms with van der Waals surface area (Å²) in [6, 6.07) is 22.6. The fourth-order valence-corrected chi connectivity index (χ4v) is 6.56. The van der Waals surface area contributed by atoms with E-state index in [4.69, 9.17) is 24.7 Å². The fraction of sp³-hybridized carbons (Fsp3) is 0.459. The number of carbonyl (C=O) groups excluding carboxylic acids is 2. The van der Waals surface area contributed by atoms with Crippen molar-refractivity contribution >= 4 is 28.9 Å². The maximum atomic E-state index is 12.8. The summed E-state index contributed by atoms with van der Waals surface area (Å²) in [5.74, 6) is -0.678. The third kappa shape index (κ3) is 8.98. The average molecular weight is 659 g/mol. The third-order valence-corrected chi connectivity index (χ3v) is 9.24. The molecule has 3 aromatic carbocycles. The normalized spacial score (nSPS) is 22.4. The Hall–Kier alpha value is -3.84. The number of amides is 2. The highest BCUT2D eigenvalue weighted by Gasteiger charge is 2.41. The highest BCUT2D eigenvalue weighted by Crippen LogP contribution is 2.39. The number of unbranched alkanes of at least 4 members (excludes halogenated alkanes) is 1. The quantitative estimate of drug-likeness (QED) is 0.151. The first-order chi connectivity index (χ1) is 23.4. The number of nitrogens with one attached hydrogen (secondary N) is 2. The lowest BCUT2D eigenvalue weighted by atomic mass is 9.98. The van der Waals surface area contributed by atoms with Crippen molar-refractivity contribution in [2.75, 3.05) is 49.2 Å². The highest BCUT2D eigenvalue weighted by atomic mass is 16.7. The van der Waals surface area contributed by atoms with Gasteiger partial charge in [-0.2, -0.15) is 0 Å². The van der Waals surface area contributed by atoms with Gasteiger partial charge in [-0.3, -0.25) is 9.59 Å². The minimum atomic E-state index is -0.627. The summed E-state index contributed by atoms with van der Waals surface area (Å²) in [5, 5.41) is 15.3. The molecule has 5 N–H and O–H groups in total. The predicted molar refractivity (Wildman–Crippen MR) is 182 cm³/mol. The van der Waals surface area contributed by atoms with E-state index in [9.17, 15) is 14.7 Å². The second kappa shape index (κ2) is 16.0. The molecule has 3 fully saturated rings. The third-order valence-electron chi connectivity index (χ3n) is 9.24. The molecule has 2 amide bonds. The van der Waals surface area contributed by atoms with Crippen LogP contribution in [-0.2, 0) is 35.1 Å². The van der Waals surface area contributed by atoms with Gasteiger partial charge in [0.15, 0.2) is 12.1 Å². The zero-order chi connectivity index (χ0) is 33.3. The van der Waals surface area contributed by atoms with E-state index < -0.39 is 12.1 Å². The Kier molecular flexibility index (Phi) is 11.4. The first kappa shape index (κ1) is 34.0. The smallest absolute Gasteiger partial charge is 0.224 e. The Morgan fingerprint density at radius 2 is 1.56 bits per heavy atom. The Morgan fingerprint density at radius 1 is 0.854 bits per heavy atom. The zero-order valence-electron chi connectivity index (χ0n) is 27.3. The molecule has 3 saturated heterocycles. The number of piperidine rings is 1. The molecular weight excluding hydrogens is 612 g/mol. The zero-order valence-corrected chi connectivity index (χ0v) is 27.3.